The maximum Gasteiger partial charge on any atom is 0.409 e. The smallest absolute Gasteiger partial charge is 0.409 e. The van der Waals surface area contributed by atoms with E-state index in [-0.39, 0.29) is 19.3 Å². The van der Waals surface area contributed by atoms with Crippen LogP contribution in [0.4, 0.5) is 4.79 Å². The zero-order valence-corrected chi connectivity index (χ0v) is 8.62. The van der Waals surface area contributed by atoms with Gasteiger partial charge in [0.1, 0.15) is 6.61 Å². The lowest BCUT2D eigenvalue weighted by molar-refractivity contribution is 0.0824. The van der Waals surface area contributed by atoms with Crippen LogP contribution in [0.25, 0.3) is 0 Å². The molecule has 0 aromatic heterocycles. The van der Waals surface area contributed by atoms with Gasteiger partial charge in [-0.2, -0.15) is 0 Å². The monoisotopic (exact) mass is 189 g/mol. The Morgan fingerprint density at radius 3 is 2.54 bits per heavy atom. The Balaban J connectivity index is 3.85. The zero-order chi connectivity index (χ0) is 10.3. The summed E-state index contributed by atoms with van der Waals surface area (Å²) < 4.78 is 4.78. The second-order valence-electron chi connectivity index (χ2n) is 3.27. The van der Waals surface area contributed by atoms with Gasteiger partial charge in [0.2, 0.25) is 0 Å². The summed E-state index contributed by atoms with van der Waals surface area (Å²) in [5.41, 5.74) is 0. The van der Waals surface area contributed by atoms with Gasteiger partial charge >= 0.3 is 6.09 Å². The minimum atomic E-state index is -0.342. The van der Waals surface area contributed by atoms with Crippen molar-refractivity contribution in [2.75, 3.05) is 26.3 Å². The number of hydrogen-bond donors (Lipinski definition) is 1. The van der Waals surface area contributed by atoms with Crippen LogP contribution in [-0.4, -0.2) is 42.4 Å². The highest BCUT2D eigenvalue weighted by Gasteiger charge is 2.13. The maximum absolute atomic E-state index is 11.3. The van der Waals surface area contributed by atoms with Gasteiger partial charge in [-0.15, -0.1) is 0 Å². The van der Waals surface area contributed by atoms with E-state index in [4.69, 9.17) is 9.84 Å². The van der Waals surface area contributed by atoms with Crippen molar-refractivity contribution in [3.05, 3.63) is 0 Å². The maximum atomic E-state index is 11.3. The van der Waals surface area contributed by atoms with E-state index in [0.717, 1.165) is 0 Å². The number of aliphatic hydroxyl groups is 1. The Morgan fingerprint density at radius 1 is 1.54 bits per heavy atom. The molecule has 0 aromatic carbocycles. The standard InChI is InChI=1S/C9H19NO3/c1-4-10(7-8(2)3)9(12)13-6-5-11/h8,11H,4-7H2,1-3H3. The highest BCUT2D eigenvalue weighted by atomic mass is 16.6. The molecule has 78 valence electrons. The molecule has 0 aromatic rings. The van der Waals surface area contributed by atoms with Gasteiger partial charge < -0.3 is 14.7 Å². The molecule has 0 radical (unpaired) electrons. The van der Waals surface area contributed by atoms with E-state index in [0.29, 0.717) is 19.0 Å². The van der Waals surface area contributed by atoms with Gasteiger partial charge in [-0.05, 0) is 12.8 Å². The minimum Gasteiger partial charge on any atom is -0.447 e. The van der Waals surface area contributed by atoms with Crippen molar-refractivity contribution in [2.45, 2.75) is 20.8 Å². The quantitative estimate of drug-likeness (QED) is 0.704. The molecule has 0 saturated heterocycles. The summed E-state index contributed by atoms with van der Waals surface area (Å²) in [5, 5.41) is 8.46. The van der Waals surface area contributed by atoms with Gasteiger partial charge in [0.15, 0.2) is 0 Å². The van der Waals surface area contributed by atoms with Gasteiger partial charge in [-0.25, -0.2) is 4.79 Å². The summed E-state index contributed by atoms with van der Waals surface area (Å²) in [7, 11) is 0. The molecule has 4 nitrogen and oxygen atoms in total. The summed E-state index contributed by atoms with van der Waals surface area (Å²) in [4.78, 5) is 12.9. The Morgan fingerprint density at radius 2 is 2.15 bits per heavy atom. The zero-order valence-electron chi connectivity index (χ0n) is 8.62. The number of aliphatic hydroxyl groups excluding tert-OH is 1. The molecule has 0 fully saturated rings. The molecule has 4 heteroatoms. The van der Waals surface area contributed by atoms with Crippen LogP contribution in [0.15, 0.2) is 0 Å². The first-order valence-electron chi connectivity index (χ1n) is 4.64. The molecule has 0 heterocycles. The van der Waals surface area contributed by atoms with Crippen LogP contribution >= 0.6 is 0 Å². The van der Waals surface area contributed by atoms with Crippen molar-refractivity contribution in [2.24, 2.45) is 5.92 Å². The number of hydrogen-bond acceptors (Lipinski definition) is 3. The summed E-state index contributed by atoms with van der Waals surface area (Å²) in [6.07, 6.45) is -0.342. The Bertz CT molecular complexity index is 148. The van der Waals surface area contributed by atoms with Crippen molar-refractivity contribution < 1.29 is 14.6 Å². The van der Waals surface area contributed by atoms with E-state index in [9.17, 15) is 4.79 Å². The molecule has 0 aliphatic carbocycles. The van der Waals surface area contributed by atoms with Crippen LogP contribution < -0.4 is 0 Å². The fraction of sp³-hybridized carbons (Fsp3) is 0.889. The predicted octanol–water partition coefficient (Wildman–Crippen LogP) is 1.09. The molecular formula is C9H19NO3. The highest BCUT2D eigenvalue weighted by molar-refractivity contribution is 5.67. The summed E-state index contributed by atoms with van der Waals surface area (Å²) in [5.74, 6) is 0.432. The molecule has 0 bridgehead atoms. The third kappa shape index (κ3) is 5.47. The van der Waals surface area contributed by atoms with E-state index >= 15 is 0 Å². The molecule has 0 aliphatic rings. The van der Waals surface area contributed by atoms with Crippen LogP contribution in [-0.2, 0) is 4.74 Å². The first-order valence-corrected chi connectivity index (χ1v) is 4.64. The SMILES string of the molecule is CCN(CC(C)C)C(=O)OCCO. The van der Waals surface area contributed by atoms with E-state index in [2.05, 4.69) is 0 Å². The molecule has 13 heavy (non-hydrogen) atoms. The molecule has 1 N–H and O–H groups in total. The third-order valence-electron chi connectivity index (χ3n) is 1.54. The fourth-order valence-corrected chi connectivity index (χ4v) is 0.998. The summed E-state index contributed by atoms with van der Waals surface area (Å²) in [6, 6.07) is 0. The van der Waals surface area contributed by atoms with E-state index in [1.165, 1.54) is 0 Å². The third-order valence-corrected chi connectivity index (χ3v) is 1.54. The first kappa shape index (κ1) is 12.2. The number of ether oxygens (including phenoxy) is 1. The molecular weight excluding hydrogens is 170 g/mol. The van der Waals surface area contributed by atoms with Gasteiger partial charge in [-0.3, -0.25) is 0 Å². The second kappa shape index (κ2) is 6.71. The van der Waals surface area contributed by atoms with E-state index in [1.54, 1.807) is 4.90 Å². The van der Waals surface area contributed by atoms with E-state index < -0.39 is 0 Å². The molecule has 0 saturated carbocycles. The average Bonchev–Trinajstić information content (AvgIpc) is 2.09. The molecule has 0 spiro atoms. The van der Waals surface area contributed by atoms with Crippen LogP contribution in [0.5, 0.6) is 0 Å². The van der Waals surface area contributed by atoms with Crippen molar-refractivity contribution in [3.63, 3.8) is 0 Å². The van der Waals surface area contributed by atoms with Crippen LogP contribution in [0.3, 0.4) is 0 Å². The number of nitrogens with zero attached hydrogens (tertiary/aromatic N) is 1. The Kier molecular flexibility index (Phi) is 6.32. The van der Waals surface area contributed by atoms with Crippen LogP contribution in [0.1, 0.15) is 20.8 Å². The lowest BCUT2D eigenvalue weighted by atomic mass is 10.2. The van der Waals surface area contributed by atoms with Crippen molar-refractivity contribution in [1.29, 1.82) is 0 Å². The molecule has 0 rings (SSSR count). The van der Waals surface area contributed by atoms with Gasteiger partial charge in [0.05, 0.1) is 6.61 Å². The van der Waals surface area contributed by atoms with Crippen LogP contribution in [0.2, 0.25) is 0 Å². The Hall–Kier alpha value is -0.770. The largest absolute Gasteiger partial charge is 0.447 e. The lowest BCUT2D eigenvalue weighted by Gasteiger charge is -2.21. The van der Waals surface area contributed by atoms with Crippen molar-refractivity contribution in [3.8, 4) is 0 Å². The molecule has 0 atom stereocenters. The van der Waals surface area contributed by atoms with Gasteiger partial charge in [0, 0.05) is 13.1 Å². The number of carbonyl (C=O) groups excluding carboxylic acids is 1. The average molecular weight is 189 g/mol. The van der Waals surface area contributed by atoms with Crippen molar-refractivity contribution in [1.82, 2.24) is 4.90 Å². The summed E-state index contributed by atoms with van der Waals surface area (Å²) >= 11 is 0. The van der Waals surface area contributed by atoms with Gasteiger partial charge in [0.25, 0.3) is 0 Å². The number of carbonyl (C=O) groups is 1. The van der Waals surface area contributed by atoms with E-state index in [1.807, 2.05) is 20.8 Å². The number of rotatable bonds is 5. The Labute approximate surface area is 79.5 Å². The first-order chi connectivity index (χ1) is 6.11. The molecule has 0 aliphatic heterocycles. The molecule has 1 amide bonds. The lowest BCUT2D eigenvalue weighted by Crippen LogP contribution is -2.34. The van der Waals surface area contributed by atoms with Crippen molar-refractivity contribution >= 4 is 6.09 Å². The highest BCUT2D eigenvalue weighted by Crippen LogP contribution is 2.00. The topological polar surface area (TPSA) is 49.8 Å². The van der Waals surface area contributed by atoms with Gasteiger partial charge in [-0.1, -0.05) is 13.8 Å². The second-order valence-corrected chi connectivity index (χ2v) is 3.27. The summed E-state index contributed by atoms with van der Waals surface area (Å²) in [6.45, 7) is 7.29. The fourth-order valence-electron chi connectivity index (χ4n) is 0.998. The predicted molar refractivity (Wildman–Crippen MR) is 50.5 cm³/mol. The minimum absolute atomic E-state index is 0.0768. The normalized spacial score (nSPS) is 10.2. The van der Waals surface area contributed by atoms with Crippen LogP contribution in [0, 0.1) is 5.92 Å². The molecule has 0 unspecified atom stereocenters. The number of amides is 1.